The molecule has 31 heavy (non-hydrogen) atoms. The number of ether oxygens (including phenoxy) is 1. The number of carbonyl (C=O) groups is 1. The first-order valence-electron chi connectivity index (χ1n) is 8.61. The molecule has 0 aromatic heterocycles. The van der Waals surface area contributed by atoms with Crippen molar-refractivity contribution in [3.05, 3.63) is 0 Å². The molecule has 2 atom stereocenters. The van der Waals surface area contributed by atoms with Crippen LogP contribution >= 0.6 is 0 Å². The first-order valence-corrected chi connectivity index (χ1v) is 8.61. The molecule has 2 nitrogen and oxygen atoms in total. The minimum atomic E-state index is -7.21. The van der Waals surface area contributed by atoms with E-state index in [4.69, 9.17) is 0 Å². The van der Waals surface area contributed by atoms with E-state index in [0.29, 0.717) is 0 Å². The van der Waals surface area contributed by atoms with Crippen LogP contribution in [0.5, 0.6) is 0 Å². The first-order chi connectivity index (χ1) is 13.4. The number of carbonyl (C=O) groups excluding carboxylic acids is 1. The number of alkyl halides is 13. The molecule has 0 N–H and O–H groups in total. The van der Waals surface area contributed by atoms with Gasteiger partial charge in [-0.1, -0.05) is 6.92 Å². The van der Waals surface area contributed by atoms with Crippen LogP contribution < -0.4 is 0 Å². The zero-order valence-corrected chi connectivity index (χ0v) is 15.6. The molecule has 4 rings (SSSR count). The molecule has 2 unspecified atom stereocenters. The van der Waals surface area contributed by atoms with Gasteiger partial charge in [-0.05, 0) is 20.3 Å². The van der Waals surface area contributed by atoms with Gasteiger partial charge in [0.2, 0.25) is 0 Å². The maximum atomic E-state index is 14.9. The van der Waals surface area contributed by atoms with Gasteiger partial charge in [-0.2, -0.15) is 8.78 Å². The van der Waals surface area contributed by atoms with E-state index in [-0.39, 0.29) is 0 Å². The Labute approximate surface area is 165 Å². The Morgan fingerprint density at radius 1 is 0.742 bits per heavy atom. The highest BCUT2D eigenvalue weighted by molar-refractivity contribution is 5.77. The highest BCUT2D eigenvalue weighted by Crippen LogP contribution is 2.85. The van der Waals surface area contributed by atoms with Crippen molar-refractivity contribution in [1.29, 1.82) is 0 Å². The standard InChI is InChI=1S/C16H13F13O2/c1-4-8(2,3)7(30)31-15-12(23,24)5-9(17,18)6(13(15,25)26)11(21,22)14(27,10(5,19)20)16(15,28)29/h5-6H,4H2,1-3H3. The third-order valence-electron chi connectivity index (χ3n) is 6.63. The highest BCUT2D eigenvalue weighted by Gasteiger charge is 3.14. The van der Waals surface area contributed by atoms with E-state index in [1.807, 2.05) is 0 Å². The van der Waals surface area contributed by atoms with E-state index in [1.165, 1.54) is 0 Å². The lowest BCUT2D eigenvalue weighted by atomic mass is 9.42. The first kappa shape index (κ1) is 24.2. The van der Waals surface area contributed by atoms with Gasteiger partial charge in [-0.25, -0.2) is 48.3 Å². The van der Waals surface area contributed by atoms with E-state index >= 15 is 0 Å². The second kappa shape index (κ2) is 5.37. The van der Waals surface area contributed by atoms with Gasteiger partial charge < -0.3 is 4.74 Å². The monoisotopic (exact) mass is 484 g/mol. The lowest BCUT2D eigenvalue weighted by Gasteiger charge is -2.71. The third kappa shape index (κ3) is 1.92. The van der Waals surface area contributed by atoms with E-state index in [1.54, 1.807) is 0 Å². The van der Waals surface area contributed by atoms with Gasteiger partial charge in [-0.3, -0.25) is 4.79 Å². The summed E-state index contributed by atoms with van der Waals surface area (Å²) in [5.41, 5.74) is -15.5. The molecule has 4 aliphatic carbocycles. The number of hydrogen-bond acceptors (Lipinski definition) is 2. The number of halogens is 13. The quantitative estimate of drug-likeness (QED) is 0.391. The molecule has 15 heteroatoms. The van der Waals surface area contributed by atoms with Crippen LogP contribution in [0, 0.1) is 17.3 Å². The van der Waals surface area contributed by atoms with Crippen LogP contribution in [0.4, 0.5) is 57.1 Å². The summed E-state index contributed by atoms with van der Waals surface area (Å²) >= 11 is 0. The van der Waals surface area contributed by atoms with Crippen molar-refractivity contribution in [2.45, 2.75) is 74.0 Å². The van der Waals surface area contributed by atoms with E-state index in [2.05, 4.69) is 4.74 Å². The predicted octanol–water partition coefficient (Wildman–Crippen LogP) is 5.50. The van der Waals surface area contributed by atoms with Crippen LogP contribution in [0.25, 0.3) is 0 Å². The fourth-order valence-electron chi connectivity index (χ4n) is 4.54. The summed E-state index contributed by atoms with van der Waals surface area (Å²) in [7, 11) is 0. The van der Waals surface area contributed by atoms with Gasteiger partial charge in [0.1, 0.15) is 0 Å². The number of hydrogen-bond donors (Lipinski definition) is 0. The minimum absolute atomic E-state index is 0.485. The van der Waals surface area contributed by atoms with Crippen molar-refractivity contribution in [2.75, 3.05) is 0 Å². The van der Waals surface area contributed by atoms with Crippen molar-refractivity contribution in [1.82, 2.24) is 0 Å². The van der Waals surface area contributed by atoms with Crippen LogP contribution in [0.2, 0.25) is 0 Å². The van der Waals surface area contributed by atoms with Crippen LogP contribution in [0.1, 0.15) is 27.2 Å². The second-order valence-electron chi connectivity index (χ2n) is 8.57. The average Bonchev–Trinajstić information content (AvgIpc) is 2.52. The lowest BCUT2D eigenvalue weighted by Crippen LogP contribution is -3.01. The SMILES string of the molecule is CCC(C)(C)C(=O)OC12C(F)(F)C3C(F)(F)C(C(F)(F)C(F)(C3(F)F)C1(F)F)C2(F)F. The molecule has 0 saturated heterocycles. The Bertz CT molecular complexity index is 793. The van der Waals surface area contributed by atoms with Crippen molar-refractivity contribution in [2.24, 2.45) is 17.3 Å². The van der Waals surface area contributed by atoms with Crippen LogP contribution in [0.15, 0.2) is 0 Å². The molecule has 4 bridgehead atoms. The Morgan fingerprint density at radius 2 is 1.10 bits per heavy atom. The summed E-state index contributed by atoms with van der Waals surface area (Å²) in [6, 6.07) is 0. The maximum Gasteiger partial charge on any atom is 0.344 e. The largest absolute Gasteiger partial charge is 0.439 e. The molecule has 0 radical (unpaired) electrons. The van der Waals surface area contributed by atoms with Gasteiger partial charge in [0, 0.05) is 0 Å². The summed E-state index contributed by atoms with van der Waals surface area (Å²) in [5, 5.41) is 0. The summed E-state index contributed by atoms with van der Waals surface area (Å²) < 4.78 is 193. The number of rotatable bonds is 3. The number of esters is 1. The summed E-state index contributed by atoms with van der Waals surface area (Å²) in [6.07, 6.45) is -0.485. The highest BCUT2D eigenvalue weighted by atomic mass is 19.3. The molecule has 0 spiro atoms. The fourth-order valence-corrected chi connectivity index (χ4v) is 4.54. The molecule has 4 aliphatic rings. The molecule has 0 aliphatic heterocycles. The van der Waals surface area contributed by atoms with Crippen molar-refractivity contribution in [3.63, 3.8) is 0 Å². The van der Waals surface area contributed by atoms with Gasteiger partial charge in [0.05, 0.1) is 5.41 Å². The molecule has 180 valence electrons. The molecule has 0 amide bonds. The Morgan fingerprint density at radius 3 is 1.42 bits per heavy atom. The Balaban J connectivity index is 2.49. The van der Waals surface area contributed by atoms with Gasteiger partial charge >= 0.3 is 46.9 Å². The topological polar surface area (TPSA) is 26.3 Å². The van der Waals surface area contributed by atoms with Crippen molar-refractivity contribution in [3.8, 4) is 0 Å². The molecular formula is C16H13F13O2. The maximum absolute atomic E-state index is 14.9. The molecule has 0 heterocycles. The summed E-state index contributed by atoms with van der Waals surface area (Å²) in [6.45, 7) is 2.64. The van der Waals surface area contributed by atoms with Crippen molar-refractivity contribution >= 4 is 5.97 Å². The molecular weight excluding hydrogens is 471 g/mol. The van der Waals surface area contributed by atoms with Crippen molar-refractivity contribution < 1.29 is 66.6 Å². The van der Waals surface area contributed by atoms with Crippen LogP contribution in [-0.4, -0.2) is 52.8 Å². The van der Waals surface area contributed by atoms with Gasteiger partial charge in [-0.15, -0.1) is 0 Å². The smallest absolute Gasteiger partial charge is 0.344 e. The fraction of sp³-hybridized carbons (Fsp3) is 0.938. The van der Waals surface area contributed by atoms with Crippen LogP contribution in [-0.2, 0) is 9.53 Å². The minimum Gasteiger partial charge on any atom is -0.439 e. The second-order valence-corrected chi connectivity index (χ2v) is 8.57. The summed E-state index contributed by atoms with van der Waals surface area (Å²) in [5.74, 6) is -54.1. The van der Waals surface area contributed by atoms with Gasteiger partial charge in [0.25, 0.3) is 5.92 Å². The average molecular weight is 484 g/mol. The van der Waals surface area contributed by atoms with Gasteiger partial charge in [0.15, 0.2) is 11.8 Å². The van der Waals surface area contributed by atoms with E-state index < -0.39 is 76.4 Å². The zero-order chi connectivity index (χ0) is 24.6. The van der Waals surface area contributed by atoms with E-state index in [0.717, 1.165) is 20.8 Å². The lowest BCUT2D eigenvalue weighted by molar-refractivity contribution is -0.577. The van der Waals surface area contributed by atoms with E-state index in [9.17, 15) is 61.9 Å². The third-order valence-corrected chi connectivity index (χ3v) is 6.63. The Hall–Kier alpha value is -1.44. The summed E-state index contributed by atoms with van der Waals surface area (Å²) in [4.78, 5) is 12.1. The normalized spacial score (nSPS) is 42.3. The molecule has 4 saturated carbocycles. The Kier molecular flexibility index (Phi) is 4.19. The molecule has 0 aromatic rings. The van der Waals surface area contributed by atoms with Crippen LogP contribution in [0.3, 0.4) is 0 Å². The zero-order valence-electron chi connectivity index (χ0n) is 15.6. The predicted molar refractivity (Wildman–Crippen MR) is 73.4 cm³/mol. The molecule has 4 fully saturated rings. The molecule has 0 aromatic carbocycles.